The number of carbonyl (C=O) groups excluding carboxylic acids is 5. The topological polar surface area (TPSA) is 185 Å². The molecule has 5 N–H and O–H groups in total. The number of hydrogen-bond acceptors (Lipinski definition) is 7. The van der Waals surface area contributed by atoms with E-state index in [1.165, 1.54) is 0 Å². The summed E-state index contributed by atoms with van der Waals surface area (Å²) in [6.07, 6.45) is 7.54. The molecule has 3 saturated carbocycles. The van der Waals surface area contributed by atoms with E-state index in [0.717, 1.165) is 51.4 Å². The lowest BCUT2D eigenvalue weighted by Gasteiger charge is -2.37. The van der Waals surface area contributed by atoms with Gasteiger partial charge >= 0.3 is 6.03 Å². The third-order valence-electron chi connectivity index (χ3n) is 11.6. The molecular formula is C34H57N5O7S. The number of urea groups is 1. The molecule has 0 spiro atoms. The normalized spacial score (nSPS) is 26.4. The Morgan fingerprint density at radius 2 is 1.53 bits per heavy atom. The first-order chi connectivity index (χ1) is 21.8. The van der Waals surface area contributed by atoms with Gasteiger partial charge in [0.2, 0.25) is 17.6 Å². The molecule has 4 rings (SSSR count). The summed E-state index contributed by atoms with van der Waals surface area (Å²) in [5.74, 6) is -3.15. The van der Waals surface area contributed by atoms with E-state index >= 15 is 0 Å². The van der Waals surface area contributed by atoms with E-state index < -0.39 is 62.4 Å². The van der Waals surface area contributed by atoms with Gasteiger partial charge in [0.25, 0.3) is 5.91 Å². The molecule has 13 heteroatoms. The summed E-state index contributed by atoms with van der Waals surface area (Å²) in [6.45, 7) is 13.0. The Balaban J connectivity index is 1.55. The predicted octanol–water partition coefficient (Wildman–Crippen LogP) is 2.68. The Labute approximate surface area is 280 Å². The van der Waals surface area contributed by atoms with Crippen LogP contribution in [0, 0.1) is 35.0 Å². The van der Waals surface area contributed by atoms with Crippen LogP contribution in [0.4, 0.5) is 4.79 Å². The van der Waals surface area contributed by atoms with Crippen LogP contribution in [0.1, 0.15) is 106 Å². The summed E-state index contributed by atoms with van der Waals surface area (Å²) in [4.78, 5) is 68.2. The Bertz CT molecular complexity index is 1330. The number of ketones is 1. The average Bonchev–Trinajstić information content (AvgIpc) is 3.26. The number of fused-ring (bicyclic) bond motifs is 1. The van der Waals surface area contributed by atoms with Crippen molar-refractivity contribution in [1.29, 1.82) is 0 Å². The van der Waals surface area contributed by atoms with Crippen LogP contribution < -0.4 is 21.7 Å². The largest absolute Gasteiger partial charge is 0.363 e. The van der Waals surface area contributed by atoms with E-state index in [1.54, 1.807) is 25.7 Å². The van der Waals surface area contributed by atoms with Crippen LogP contribution in [-0.4, -0.2) is 84.1 Å². The molecule has 4 aliphatic rings. The molecule has 47 heavy (non-hydrogen) atoms. The zero-order chi connectivity index (χ0) is 35.1. The van der Waals surface area contributed by atoms with E-state index in [4.69, 9.17) is 5.73 Å². The second-order valence-electron chi connectivity index (χ2n) is 16.4. The first-order valence-electron chi connectivity index (χ1n) is 17.5. The first kappa shape index (κ1) is 37.1. The second kappa shape index (κ2) is 14.0. The predicted molar refractivity (Wildman–Crippen MR) is 179 cm³/mol. The molecule has 1 saturated heterocycles. The Kier molecular flexibility index (Phi) is 11.1. The van der Waals surface area contributed by atoms with Gasteiger partial charge in [0.1, 0.15) is 12.1 Å². The van der Waals surface area contributed by atoms with Crippen LogP contribution in [0.2, 0.25) is 0 Å². The fraction of sp³-hybridized carbons (Fsp3) is 0.853. The number of hydrogen-bond donors (Lipinski definition) is 4. The Morgan fingerprint density at radius 1 is 0.915 bits per heavy atom. The molecule has 0 bridgehead atoms. The van der Waals surface area contributed by atoms with Crippen LogP contribution in [0.3, 0.4) is 0 Å². The SMILES string of the molecule is CC(C)[C@@H](CS(=O)(=O)C(C)(C)C)NC(=O)N[C@H](C(=O)N1CC2C(C1C(=O)NC(CC1CCC1)C(=O)C(N)=O)C2(C)C)C1CCCCC1. The van der Waals surface area contributed by atoms with Crippen LogP contribution in [-0.2, 0) is 29.0 Å². The summed E-state index contributed by atoms with van der Waals surface area (Å²) in [5, 5.41) is 8.57. The van der Waals surface area contributed by atoms with Gasteiger partial charge in [-0.3, -0.25) is 19.2 Å². The molecule has 0 aromatic carbocycles. The van der Waals surface area contributed by atoms with Crippen molar-refractivity contribution in [3.63, 3.8) is 0 Å². The number of carbonyl (C=O) groups is 5. The smallest absolute Gasteiger partial charge is 0.315 e. The highest BCUT2D eigenvalue weighted by atomic mass is 32.2. The maximum absolute atomic E-state index is 14.5. The van der Waals surface area contributed by atoms with Crippen molar-refractivity contribution in [1.82, 2.24) is 20.9 Å². The Hall–Kier alpha value is -2.70. The number of amides is 5. The van der Waals surface area contributed by atoms with Gasteiger partial charge < -0.3 is 26.6 Å². The summed E-state index contributed by atoms with van der Waals surface area (Å²) >= 11 is 0. The number of piperidine rings is 1. The highest BCUT2D eigenvalue weighted by molar-refractivity contribution is 7.92. The highest BCUT2D eigenvalue weighted by Gasteiger charge is 2.69. The minimum atomic E-state index is -3.54. The zero-order valence-corrected chi connectivity index (χ0v) is 30.1. The van der Waals surface area contributed by atoms with Crippen molar-refractivity contribution >= 4 is 39.4 Å². The van der Waals surface area contributed by atoms with Gasteiger partial charge in [0.05, 0.1) is 16.5 Å². The molecule has 1 heterocycles. The minimum Gasteiger partial charge on any atom is -0.363 e. The summed E-state index contributed by atoms with van der Waals surface area (Å²) < 4.78 is 25.0. The molecule has 12 nitrogen and oxygen atoms in total. The van der Waals surface area contributed by atoms with Gasteiger partial charge in [-0.05, 0) is 75.0 Å². The molecule has 4 fully saturated rings. The highest BCUT2D eigenvalue weighted by Crippen LogP contribution is 2.65. The van der Waals surface area contributed by atoms with Gasteiger partial charge in [0.15, 0.2) is 9.84 Å². The summed E-state index contributed by atoms with van der Waals surface area (Å²) in [5.41, 5.74) is 5.16. The number of sulfone groups is 1. The quantitative estimate of drug-likeness (QED) is 0.216. The maximum atomic E-state index is 14.5. The number of nitrogens with one attached hydrogen (secondary N) is 3. The van der Waals surface area contributed by atoms with Crippen molar-refractivity contribution in [2.45, 2.75) is 135 Å². The van der Waals surface area contributed by atoms with Gasteiger partial charge in [-0.2, -0.15) is 0 Å². The van der Waals surface area contributed by atoms with Crippen molar-refractivity contribution in [3.05, 3.63) is 0 Å². The van der Waals surface area contributed by atoms with Gasteiger partial charge in [0, 0.05) is 12.6 Å². The van der Waals surface area contributed by atoms with Crippen LogP contribution in [0.25, 0.3) is 0 Å². The standard InChI is InChI=1S/C34H57N5O7S/c1-19(2)24(18-47(45,46)33(3,4)5)37-32(44)38-26(21-14-9-8-10-15-21)31(43)39-17-22-25(34(22,6)7)27(39)30(42)36-23(28(40)29(35)41)16-20-12-11-13-20/h19-27H,8-18H2,1-7H3,(H2,35,41)(H,36,42)(H2,37,38,44)/t22?,23?,24-,25?,26+,27?/m1/s1. The van der Waals surface area contributed by atoms with Crippen LogP contribution in [0.5, 0.6) is 0 Å². The monoisotopic (exact) mass is 679 g/mol. The van der Waals surface area contributed by atoms with Crippen LogP contribution in [0.15, 0.2) is 0 Å². The molecule has 266 valence electrons. The Morgan fingerprint density at radius 3 is 2.04 bits per heavy atom. The number of rotatable bonds is 13. The average molecular weight is 680 g/mol. The fourth-order valence-corrected chi connectivity index (χ4v) is 9.24. The number of Topliss-reactive ketones (excluding diaryl/α,β-unsaturated/α-hetero) is 1. The lowest BCUT2D eigenvalue weighted by Crippen LogP contribution is -2.61. The number of nitrogens with zero attached hydrogens (tertiary/aromatic N) is 1. The lowest BCUT2D eigenvalue weighted by molar-refractivity contribution is -0.144. The van der Waals surface area contributed by atoms with Gasteiger partial charge in [-0.15, -0.1) is 0 Å². The van der Waals surface area contributed by atoms with E-state index in [-0.39, 0.29) is 46.7 Å². The van der Waals surface area contributed by atoms with Crippen LogP contribution >= 0.6 is 0 Å². The van der Waals surface area contributed by atoms with Crippen molar-refractivity contribution in [3.8, 4) is 0 Å². The first-order valence-corrected chi connectivity index (χ1v) is 19.1. The molecule has 1 aliphatic heterocycles. The second-order valence-corrected chi connectivity index (χ2v) is 19.2. The van der Waals surface area contributed by atoms with Gasteiger partial charge in [-0.25, -0.2) is 13.2 Å². The maximum Gasteiger partial charge on any atom is 0.315 e. The third kappa shape index (κ3) is 8.13. The minimum absolute atomic E-state index is 0.0767. The van der Waals surface area contributed by atoms with Crippen molar-refractivity contribution in [2.24, 2.45) is 40.7 Å². The molecule has 0 radical (unpaired) electrons. The molecule has 0 aromatic heterocycles. The molecule has 4 unspecified atom stereocenters. The molecule has 6 atom stereocenters. The van der Waals surface area contributed by atoms with E-state index in [0.29, 0.717) is 13.0 Å². The third-order valence-corrected chi connectivity index (χ3v) is 14.2. The van der Waals surface area contributed by atoms with E-state index in [2.05, 4.69) is 29.8 Å². The zero-order valence-electron chi connectivity index (χ0n) is 29.3. The van der Waals surface area contributed by atoms with Crippen molar-refractivity contribution in [2.75, 3.05) is 12.3 Å². The van der Waals surface area contributed by atoms with E-state index in [9.17, 15) is 32.4 Å². The number of likely N-dealkylation sites (tertiary alicyclic amines) is 1. The van der Waals surface area contributed by atoms with E-state index in [1.807, 2.05) is 13.8 Å². The fourth-order valence-electron chi connectivity index (χ4n) is 7.80. The molecule has 5 amide bonds. The summed E-state index contributed by atoms with van der Waals surface area (Å²) in [7, 11) is -3.54. The molecule has 0 aromatic rings. The summed E-state index contributed by atoms with van der Waals surface area (Å²) in [6, 6.07) is -4.09. The molecule has 3 aliphatic carbocycles. The lowest BCUT2D eigenvalue weighted by atomic mass is 9.80. The number of nitrogens with two attached hydrogens (primary N) is 1. The van der Waals surface area contributed by atoms with Crippen molar-refractivity contribution < 1.29 is 32.4 Å². The van der Waals surface area contributed by atoms with Gasteiger partial charge in [-0.1, -0.05) is 66.2 Å². The number of primary amides is 1. The molecular weight excluding hydrogens is 622 g/mol.